The van der Waals surface area contributed by atoms with Gasteiger partial charge in [-0.25, -0.2) is 23.3 Å². The molecule has 0 spiro atoms. The molecule has 3 N–H and O–H groups in total. The lowest BCUT2D eigenvalue weighted by Gasteiger charge is -1.97. The normalized spacial score (nSPS) is 11.2. The second-order valence-electron chi connectivity index (χ2n) is 2.23. The third-order valence-corrected chi connectivity index (χ3v) is 2.08. The molecular formula is C6H6N2O4S. The number of nitrogens with two attached hydrogens (primary N) is 1. The predicted octanol–water partition coefficient (Wildman–Crippen LogP) is -0.573. The van der Waals surface area contributed by atoms with Gasteiger partial charge < -0.3 is 5.11 Å². The molecule has 1 heterocycles. The van der Waals surface area contributed by atoms with E-state index in [-0.39, 0.29) is 5.56 Å². The molecule has 0 saturated carbocycles. The summed E-state index contributed by atoms with van der Waals surface area (Å²) in [6, 6.07) is 2.08. The monoisotopic (exact) mass is 202 g/mol. The molecule has 0 fully saturated rings. The van der Waals surface area contributed by atoms with Gasteiger partial charge in [0, 0.05) is 6.20 Å². The highest BCUT2D eigenvalue weighted by Gasteiger charge is 2.12. The number of aromatic nitrogens is 1. The van der Waals surface area contributed by atoms with Gasteiger partial charge in [0.2, 0.25) is 0 Å². The van der Waals surface area contributed by atoms with E-state index < -0.39 is 21.0 Å². The Morgan fingerprint density at radius 2 is 2.15 bits per heavy atom. The zero-order valence-electron chi connectivity index (χ0n) is 6.34. The van der Waals surface area contributed by atoms with Gasteiger partial charge in [-0.15, -0.1) is 0 Å². The second kappa shape index (κ2) is 3.11. The molecule has 0 saturated heterocycles. The number of carboxylic acids is 1. The van der Waals surface area contributed by atoms with Crippen LogP contribution in [-0.2, 0) is 10.0 Å². The van der Waals surface area contributed by atoms with Crippen molar-refractivity contribution in [1.29, 1.82) is 0 Å². The maximum absolute atomic E-state index is 10.7. The van der Waals surface area contributed by atoms with Crippen LogP contribution in [0.5, 0.6) is 0 Å². The van der Waals surface area contributed by atoms with Crippen molar-refractivity contribution in [2.24, 2.45) is 5.14 Å². The highest BCUT2D eigenvalue weighted by atomic mass is 32.2. The van der Waals surface area contributed by atoms with Gasteiger partial charge in [0.05, 0.1) is 5.56 Å². The highest BCUT2D eigenvalue weighted by molar-refractivity contribution is 7.89. The average molecular weight is 202 g/mol. The number of nitrogens with zero attached hydrogens (tertiary/aromatic N) is 1. The molecule has 0 unspecified atom stereocenters. The third kappa shape index (κ3) is 2.23. The summed E-state index contributed by atoms with van der Waals surface area (Å²) in [5.74, 6) is -1.23. The minimum Gasteiger partial charge on any atom is -0.478 e. The van der Waals surface area contributed by atoms with Gasteiger partial charge in [-0.2, -0.15) is 0 Å². The fourth-order valence-corrected chi connectivity index (χ4v) is 1.20. The highest BCUT2D eigenvalue weighted by Crippen LogP contribution is 2.05. The van der Waals surface area contributed by atoms with Crippen LogP contribution in [-0.4, -0.2) is 24.5 Å². The van der Waals surface area contributed by atoms with E-state index in [1.165, 1.54) is 6.07 Å². The maximum atomic E-state index is 10.7. The van der Waals surface area contributed by atoms with Gasteiger partial charge in [-0.05, 0) is 12.1 Å². The van der Waals surface area contributed by atoms with Gasteiger partial charge >= 0.3 is 5.97 Å². The summed E-state index contributed by atoms with van der Waals surface area (Å²) in [5, 5.41) is 12.8. The Bertz CT molecular complexity index is 440. The zero-order chi connectivity index (χ0) is 10.1. The van der Waals surface area contributed by atoms with Crippen LogP contribution in [0.4, 0.5) is 0 Å². The van der Waals surface area contributed by atoms with E-state index in [2.05, 4.69) is 4.98 Å². The van der Waals surface area contributed by atoms with Crippen molar-refractivity contribution in [3.05, 3.63) is 23.9 Å². The number of hydrogen-bond acceptors (Lipinski definition) is 4. The minimum absolute atomic E-state index is 0.168. The summed E-state index contributed by atoms with van der Waals surface area (Å²) in [6.45, 7) is 0. The van der Waals surface area contributed by atoms with E-state index in [0.717, 1.165) is 12.3 Å². The lowest BCUT2D eigenvalue weighted by Crippen LogP contribution is -2.14. The first kappa shape index (κ1) is 9.62. The fraction of sp³-hybridized carbons (Fsp3) is 0. The molecule has 13 heavy (non-hydrogen) atoms. The fourth-order valence-electron chi connectivity index (χ4n) is 0.698. The topological polar surface area (TPSA) is 110 Å². The van der Waals surface area contributed by atoms with Crippen LogP contribution in [0, 0.1) is 0 Å². The standard InChI is InChI=1S/C6H6N2O4S/c7-13(11,12)5-3-4(6(9)10)1-2-8-5/h1-3H,(H,9,10)(H2,7,11,12). The SMILES string of the molecule is NS(=O)(=O)c1cc(C(=O)O)ccn1. The number of primary sulfonamides is 1. The molecule has 1 rings (SSSR count). The molecular weight excluding hydrogens is 196 g/mol. The lowest BCUT2D eigenvalue weighted by molar-refractivity contribution is 0.0696. The van der Waals surface area contributed by atoms with Gasteiger partial charge in [0.15, 0.2) is 5.03 Å². The quantitative estimate of drug-likeness (QED) is 0.667. The molecule has 0 atom stereocenters. The van der Waals surface area contributed by atoms with Gasteiger partial charge in [0.25, 0.3) is 10.0 Å². The Kier molecular flexibility index (Phi) is 2.30. The van der Waals surface area contributed by atoms with E-state index in [9.17, 15) is 13.2 Å². The van der Waals surface area contributed by atoms with Gasteiger partial charge in [0.1, 0.15) is 0 Å². The number of hydrogen-bond donors (Lipinski definition) is 2. The summed E-state index contributed by atoms with van der Waals surface area (Å²) >= 11 is 0. The lowest BCUT2D eigenvalue weighted by atomic mass is 10.3. The summed E-state index contributed by atoms with van der Waals surface area (Å²) < 4.78 is 21.5. The molecule has 1 aromatic rings. The minimum atomic E-state index is -3.93. The van der Waals surface area contributed by atoms with Crippen molar-refractivity contribution in [2.45, 2.75) is 5.03 Å². The zero-order valence-corrected chi connectivity index (χ0v) is 7.15. The van der Waals surface area contributed by atoms with E-state index in [1.807, 2.05) is 0 Å². The van der Waals surface area contributed by atoms with E-state index in [0.29, 0.717) is 0 Å². The van der Waals surface area contributed by atoms with Crippen LogP contribution in [0.2, 0.25) is 0 Å². The smallest absolute Gasteiger partial charge is 0.335 e. The Balaban J connectivity index is 3.29. The van der Waals surface area contributed by atoms with Crippen LogP contribution in [0.3, 0.4) is 0 Å². The molecule has 7 heteroatoms. The molecule has 0 aliphatic rings. The summed E-state index contributed by atoms with van der Waals surface area (Å²) in [6.07, 6.45) is 1.07. The Morgan fingerprint density at radius 3 is 2.62 bits per heavy atom. The van der Waals surface area contributed by atoms with E-state index in [1.54, 1.807) is 0 Å². The first-order valence-corrected chi connectivity index (χ1v) is 4.68. The number of carbonyl (C=O) groups is 1. The Labute approximate surface area is 74.1 Å². The van der Waals surface area contributed by atoms with E-state index in [4.69, 9.17) is 10.2 Å². The molecule has 0 aliphatic carbocycles. The van der Waals surface area contributed by atoms with Crippen molar-refractivity contribution in [2.75, 3.05) is 0 Å². The predicted molar refractivity (Wildman–Crippen MR) is 42.6 cm³/mol. The number of aromatic carboxylic acids is 1. The van der Waals surface area contributed by atoms with Crippen LogP contribution in [0.1, 0.15) is 10.4 Å². The molecule has 1 aromatic heterocycles. The van der Waals surface area contributed by atoms with Gasteiger partial charge in [-0.3, -0.25) is 0 Å². The van der Waals surface area contributed by atoms with E-state index >= 15 is 0 Å². The number of pyridine rings is 1. The largest absolute Gasteiger partial charge is 0.478 e. The summed E-state index contributed by atoms with van der Waals surface area (Å²) in [7, 11) is -3.93. The average Bonchev–Trinajstić information content (AvgIpc) is 2.03. The van der Waals surface area contributed by atoms with Crippen LogP contribution in [0.25, 0.3) is 0 Å². The number of rotatable bonds is 2. The van der Waals surface area contributed by atoms with Crippen LogP contribution in [0.15, 0.2) is 23.4 Å². The first-order valence-electron chi connectivity index (χ1n) is 3.13. The van der Waals surface area contributed by atoms with Crippen LogP contribution >= 0.6 is 0 Å². The van der Waals surface area contributed by atoms with Crippen molar-refractivity contribution >= 4 is 16.0 Å². The first-order chi connectivity index (χ1) is 5.91. The number of sulfonamides is 1. The molecule has 0 bridgehead atoms. The summed E-state index contributed by atoms with van der Waals surface area (Å²) in [5.41, 5.74) is -0.168. The Hall–Kier alpha value is -1.47. The molecule has 0 aromatic carbocycles. The number of carboxylic acid groups (broad SMARTS) is 1. The maximum Gasteiger partial charge on any atom is 0.335 e. The molecule has 0 aliphatic heterocycles. The second-order valence-corrected chi connectivity index (χ2v) is 3.74. The Morgan fingerprint density at radius 1 is 1.54 bits per heavy atom. The van der Waals surface area contributed by atoms with Crippen molar-refractivity contribution in [1.82, 2.24) is 4.98 Å². The molecule has 70 valence electrons. The van der Waals surface area contributed by atoms with Crippen molar-refractivity contribution in [3.8, 4) is 0 Å². The van der Waals surface area contributed by atoms with Crippen molar-refractivity contribution in [3.63, 3.8) is 0 Å². The third-order valence-electron chi connectivity index (χ3n) is 1.27. The molecule has 6 nitrogen and oxygen atoms in total. The summed E-state index contributed by atoms with van der Waals surface area (Å²) in [4.78, 5) is 13.8. The molecule has 0 radical (unpaired) electrons. The molecule has 0 amide bonds. The van der Waals surface area contributed by atoms with Gasteiger partial charge in [-0.1, -0.05) is 0 Å². The van der Waals surface area contributed by atoms with Crippen LogP contribution < -0.4 is 5.14 Å². The van der Waals surface area contributed by atoms with Crippen molar-refractivity contribution < 1.29 is 18.3 Å².